The van der Waals surface area contributed by atoms with Gasteiger partial charge in [-0.2, -0.15) is 4.68 Å². The smallest absolute Gasteiger partial charge is 0.209 e. The molecule has 3 aromatic rings. The fourth-order valence-electron chi connectivity index (χ4n) is 3.38. The van der Waals surface area contributed by atoms with Crippen LogP contribution in [0.4, 0.5) is 10.8 Å². The summed E-state index contributed by atoms with van der Waals surface area (Å²) in [7, 11) is 1.67. The summed E-state index contributed by atoms with van der Waals surface area (Å²) in [5.74, 6) is 0.792. The number of anilines is 2. The van der Waals surface area contributed by atoms with Crippen molar-refractivity contribution in [3.63, 3.8) is 0 Å². The lowest BCUT2D eigenvalue weighted by molar-refractivity contribution is -0.954. The van der Waals surface area contributed by atoms with E-state index in [2.05, 4.69) is 23.7 Å². The molecular formula is C18H21N4OS3+. The second-order valence-corrected chi connectivity index (χ2v) is 8.96. The molecule has 0 aliphatic carbocycles. The molecule has 0 radical (unpaired) electrons. The van der Waals surface area contributed by atoms with Crippen LogP contribution in [0.25, 0.3) is 0 Å². The summed E-state index contributed by atoms with van der Waals surface area (Å²) in [5.41, 5.74) is 2.37. The van der Waals surface area contributed by atoms with Gasteiger partial charge in [0.25, 0.3) is 0 Å². The number of quaternary nitrogens is 1. The average Bonchev–Trinajstić information content (AvgIpc) is 3.25. The van der Waals surface area contributed by atoms with Gasteiger partial charge in [0.1, 0.15) is 11.8 Å². The van der Waals surface area contributed by atoms with Gasteiger partial charge in [-0.15, -0.1) is 16.4 Å². The molecule has 1 aliphatic rings. The number of hydrogen-bond acceptors (Lipinski definition) is 6. The van der Waals surface area contributed by atoms with Crippen LogP contribution in [0, 0.1) is 3.95 Å². The summed E-state index contributed by atoms with van der Waals surface area (Å²) in [6.45, 7) is 4.20. The monoisotopic (exact) mass is 405 g/mol. The molecule has 0 saturated heterocycles. The Bertz CT molecular complexity index is 961. The second kappa shape index (κ2) is 7.48. The van der Waals surface area contributed by atoms with Crippen LogP contribution in [-0.2, 0) is 13.1 Å². The molecule has 136 valence electrons. The Balaban J connectivity index is 1.52. The summed E-state index contributed by atoms with van der Waals surface area (Å²) in [6, 6.07) is 10.6. The summed E-state index contributed by atoms with van der Waals surface area (Å²) in [5, 5.41) is 11.0. The number of methoxy groups -OCH3 is 1. The lowest BCUT2D eigenvalue weighted by Crippen LogP contribution is -3.12. The van der Waals surface area contributed by atoms with Gasteiger partial charge in [-0.25, -0.2) is 0 Å². The molecule has 1 unspecified atom stereocenters. The van der Waals surface area contributed by atoms with E-state index in [9.17, 15) is 0 Å². The van der Waals surface area contributed by atoms with Crippen LogP contribution in [0.5, 0.6) is 5.75 Å². The molecule has 0 fully saturated rings. The predicted octanol–water partition coefficient (Wildman–Crippen LogP) is 3.65. The van der Waals surface area contributed by atoms with Crippen LogP contribution in [0.15, 0.2) is 35.7 Å². The maximum atomic E-state index is 5.56. The van der Waals surface area contributed by atoms with E-state index < -0.39 is 0 Å². The largest absolute Gasteiger partial charge is 0.495 e. The highest BCUT2D eigenvalue weighted by Crippen LogP contribution is 2.28. The van der Waals surface area contributed by atoms with Crippen molar-refractivity contribution in [2.24, 2.45) is 0 Å². The number of benzene rings is 1. The van der Waals surface area contributed by atoms with Gasteiger partial charge in [0.15, 0.2) is 10.6 Å². The summed E-state index contributed by atoms with van der Waals surface area (Å²) in [4.78, 5) is 3.03. The van der Waals surface area contributed by atoms with Crippen LogP contribution in [0.1, 0.15) is 23.4 Å². The summed E-state index contributed by atoms with van der Waals surface area (Å²) < 4.78 is 8.13. The number of fused-ring (bicyclic) bond motifs is 1. The third-order valence-electron chi connectivity index (χ3n) is 4.84. The van der Waals surface area contributed by atoms with Crippen LogP contribution in [0.3, 0.4) is 0 Å². The van der Waals surface area contributed by atoms with Crippen molar-refractivity contribution in [1.82, 2.24) is 9.78 Å². The molecule has 3 heterocycles. The maximum Gasteiger partial charge on any atom is 0.209 e. The van der Waals surface area contributed by atoms with E-state index in [0.717, 1.165) is 40.2 Å². The molecule has 0 spiro atoms. The molecule has 26 heavy (non-hydrogen) atoms. The van der Waals surface area contributed by atoms with Crippen molar-refractivity contribution in [2.75, 3.05) is 19.0 Å². The Labute approximate surface area is 165 Å². The van der Waals surface area contributed by atoms with Crippen LogP contribution < -0.4 is 15.0 Å². The van der Waals surface area contributed by atoms with Gasteiger partial charge in [0.2, 0.25) is 5.13 Å². The van der Waals surface area contributed by atoms with E-state index in [1.54, 1.807) is 7.11 Å². The minimum Gasteiger partial charge on any atom is -0.495 e. The minimum atomic E-state index is 0.472. The van der Waals surface area contributed by atoms with E-state index in [1.807, 2.05) is 40.3 Å². The first-order valence-electron chi connectivity index (χ1n) is 8.54. The first-order chi connectivity index (χ1) is 12.7. The van der Waals surface area contributed by atoms with Gasteiger partial charge >= 0.3 is 0 Å². The van der Waals surface area contributed by atoms with Gasteiger partial charge in [-0.05, 0) is 42.7 Å². The third-order valence-corrected chi connectivity index (χ3v) is 7.06. The number of aromatic nitrogens is 2. The van der Waals surface area contributed by atoms with E-state index in [1.165, 1.54) is 26.7 Å². The first-order valence-corrected chi connectivity index (χ1v) is 10.6. The number of rotatable bonds is 5. The van der Waals surface area contributed by atoms with E-state index in [4.69, 9.17) is 22.1 Å². The van der Waals surface area contributed by atoms with Crippen LogP contribution >= 0.6 is 34.9 Å². The van der Waals surface area contributed by atoms with E-state index in [0.29, 0.717) is 6.04 Å². The third kappa shape index (κ3) is 3.42. The molecule has 8 heteroatoms. The number of nitrogens with one attached hydrogen (secondary N) is 2. The van der Waals surface area contributed by atoms with Crippen molar-refractivity contribution in [3.8, 4) is 5.75 Å². The first kappa shape index (κ1) is 17.7. The Hall–Kier alpha value is -1.74. The Morgan fingerprint density at radius 3 is 3.08 bits per heavy atom. The number of thiophene rings is 1. The van der Waals surface area contributed by atoms with Crippen molar-refractivity contribution in [1.29, 1.82) is 0 Å². The maximum absolute atomic E-state index is 5.56. The molecule has 2 N–H and O–H groups in total. The minimum absolute atomic E-state index is 0.472. The zero-order valence-electron chi connectivity index (χ0n) is 14.7. The molecule has 5 nitrogen and oxygen atoms in total. The molecule has 1 aliphatic heterocycles. The molecule has 1 aromatic carbocycles. The lowest BCUT2D eigenvalue weighted by Gasteiger charge is -2.30. The summed E-state index contributed by atoms with van der Waals surface area (Å²) >= 11 is 8.92. The number of para-hydroxylation sites is 2. The molecule has 0 saturated carbocycles. The highest BCUT2D eigenvalue weighted by atomic mass is 32.1. The number of ether oxygens (including phenoxy) is 1. The van der Waals surface area contributed by atoms with Crippen LogP contribution in [-0.4, -0.2) is 23.4 Å². The molecule has 0 bridgehead atoms. The van der Waals surface area contributed by atoms with Gasteiger partial charge < -0.3 is 15.0 Å². The number of nitrogens with zero attached hydrogens (tertiary/aromatic N) is 2. The lowest BCUT2D eigenvalue weighted by atomic mass is 10.0. The van der Waals surface area contributed by atoms with Crippen molar-refractivity contribution in [3.05, 3.63) is 50.1 Å². The van der Waals surface area contributed by atoms with E-state index >= 15 is 0 Å². The zero-order chi connectivity index (χ0) is 18.1. The van der Waals surface area contributed by atoms with Gasteiger partial charge in [-0.1, -0.05) is 23.5 Å². The molecule has 4 rings (SSSR count). The normalized spacial score (nSPS) is 19.2. The summed E-state index contributed by atoms with van der Waals surface area (Å²) in [6.07, 6.45) is 1.14. The zero-order valence-corrected chi connectivity index (χ0v) is 17.1. The molecule has 0 amide bonds. The topological polar surface area (TPSA) is 43.5 Å². The SMILES string of the molecule is COc1ccccc1Nc1nn(C[NH+]2CCc3sccc3[C@@H]2C)c(=S)s1. The van der Waals surface area contributed by atoms with Gasteiger partial charge in [-0.3, -0.25) is 0 Å². The quantitative estimate of drug-likeness (QED) is 0.636. The molecular weight excluding hydrogens is 384 g/mol. The predicted molar refractivity (Wildman–Crippen MR) is 109 cm³/mol. The second-order valence-electron chi connectivity index (χ2n) is 6.34. The fraction of sp³-hybridized carbons (Fsp3) is 0.333. The Kier molecular flexibility index (Phi) is 5.08. The van der Waals surface area contributed by atoms with Gasteiger partial charge in [0, 0.05) is 16.9 Å². The Morgan fingerprint density at radius 2 is 2.23 bits per heavy atom. The highest BCUT2D eigenvalue weighted by Gasteiger charge is 2.28. The number of hydrogen-bond donors (Lipinski definition) is 2. The molecule has 2 atom stereocenters. The fourth-order valence-corrected chi connectivity index (χ4v) is 5.38. The van der Waals surface area contributed by atoms with Crippen molar-refractivity contribution >= 4 is 45.7 Å². The average molecular weight is 406 g/mol. The Morgan fingerprint density at radius 1 is 1.38 bits per heavy atom. The van der Waals surface area contributed by atoms with Gasteiger partial charge in [0.05, 0.1) is 19.3 Å². The standard InChI is InChI=1S/C18H20N4OS3/c1-12-13-8-10-25-16(13)7-9-21(12)11-22-18(24)26-17(20-22)19-14-5-3-4-6-15(14)23-2/h3-6,8,10,12H,7,9,11H2,1-2H3,(H,19,20)/p+1/t12-/m0/s1. The molecule has 2 aromatic heterocycles. The van der Waals surface area contributed by atoms with E-state index in [-0.39, 0.29) is 0 Å². The van der Waals surface area contributed by atoms with Crippen molar-refractivity contribution < 1.29 is 9.64 Å². The highest BCUT2D eigenvalue weighted by molar-refractivity contribution is 7.73. The van der Waals surface area contributed by atoms with Crippen LogP contribution in [0.2, 0.25) is 0 Å². The van der Waals surface area contributed by atoms with Crippen molar-refractivity contribution in [2.45, 2.75) is 26.1 Å².